The van der Waals surface area contributed by atoms with E-state index in [1.807, 2.05) is 12.1 Å². The number of hydrogen-bond acceptors (Lipinski definition) is 3. The summed E-state index contributed by atoms with van der Waals surface area (Å²) >= 11 is 0. The highest BCUT2D eigenvalue weighted by atomic mass is 16.5. The lowest BCUT2D eigenvalue weighted by Gasteiger charge is -2.47. The zero-order chi connectivity index (χ0) is 14.2. The van der Waals surface area contributed by atoms with Crippen LogP contribution in [0.15, 0.2) is 24.3 Å². The minimum Gasteiger partial charge on any atom is -0.385 e. The first kappa shape index (κ1) is 13.6. The van der Waals surface area contributed by atoms with E-state index in [0.717, 1.165) is 19.3 Å². The van der Waals surface area contributed by atoms with E-state index in [-0.39, 0.29) is 6.10 Å². The lowest BCUT2D eigenvalue weighted by atomic mass is 9.62. The van der Waals surface area contributed by atoms with Gasteiger partial charge in [-0.05, 0) is 36.8 Å². The molecule has 1 N–H and O–H groups in total. The molecule has 0 bridgehead atoms. The molecule has 3 heteroatoms. The number of aliphatic hydroxyl groups is 1. The number of nitriles is 1. The van der Waals surface area contributed by atoms with Crippen LogP contribution in [0.3, 0.4) is 0 Å². The second kappa shape index (κ2) is 4.87. The van der Waals surface area contributed by atoms with Gasteiger partial charge in [-0.2, -0.15) is 5.26 Å². The maximum Gasteiger partial charge on any atom is 0.110 e. The van der Waals surface area contributed by atoms with Gasteiger partial charge in [-0.1, -0.05) is 37.1 Å². The second-order valence-electron chi connectivity index (χ2n) is 6.21. The summed E-state index contributed by atoms with van der Waals surface area (Å²) < 4.78 is 5.54. The van der Waals surface area contributed by atoms with E-state index in [4.69, 9.17) is 4.74 Å². The fourth-order valence-corrected chi connectivity index (χ4v) is 4.08. The van der Waals surface area contributed by atoms with E-state index in [0.29, 0.717) is 19.3 Å². The average molecular weight is 271 g/mol. The Labute approximate surface area is 120 Å². The average Bonchev–Trinajstić information content (AvgIpc) is 2.88. The summed E-state index contributed by atoms with van der Waals surface area (Å²) in [5, 5.41) is 21.2. The Morgan fingerprint density at radius 1 is 1.25 bits per heavy atom. The van der Waals surface area contributed by atoms with Gasteiger partial charge in [-0.3, -0.25) is 0 Å². The molecule has 1 aromatic carbocycles. The molecular formula is C17H21NO2. The van der Waals surface area contributed by atoms with Gasteiger partial charge in [0.15, 0.2) is 0 Å². The maximum atomic E-state index is 11.3. The van der Waals surface area contributed by atoms with Crippen LogP contribution in [0.2, 0.25) is 0 Å². The molecule has 0 aromatic heterocycles. The van der Waals surface area contributed by atoms with Crippen LogP contribution in [0.4, 0.5) is 0 Å². The molecule has 1 saturated carbocycles. The molecule has 2 aliphatic carbocycles. The molecule has 106 valence electrons. The van der Waals surface area contributed by atoms with Gasteiger partial charge in [-0.25, -0.2) is 0 Å². The number of fused-ring (bicyclic) bond motifs is 1. The first-order valence-corrected chi connectivity index (χ1v) is 7.38. The third-order valence-electron chi connectivity index (χ3n) is 5.24. The molecule has 20 heavy (non-hydrogen) atoms. The molecule has 0 spiro atoms. The van der Waals surface area contributed by atoms with Crippen molar-refractivity contribution in [3.63, 3.8) is 0 Å². The van der Waals surface area contributed by atoms with Crippen LogP contribution in [0.1, 0.15) is 36.8 Å². The smallest absolute Gasteiger partial charge is 0.110 e. The van der Waals surface area contributed by atoms with E-state index in [1.165, 1.54) is 11.1 Å². The Morgan fingerprint density at radius 2 is 1.90 bits per heavy atom. The van der Waals surface area contributed by atoms with Gasteiger partial charge < -0.3 is 9.84 Å². The Hall–Kier alpha value is -1.37. The standard InChI is InChI=1S/C17H21NO2/c1-20-15-8-4-5-9-17(15,19)16(12-18)10-13-6-2-3-7-14(13)11-16/h2-3,6-7,15,19H,4-5,8-11H2,1H3. The topological polar surface area (TPSA) is 53.2 Å². The monoisotopic (exact) mass is 271 g/mol. The van der Waals surface area contributed by atoms with E-state index in [1.54, 1.807) is 7.11 Å². The predicted octanol–water partition coefficient (Wildman–Crippen LogP) is 2.62. The van der Waals surface area contributed by atoms with Crippen molar-refractivity contribution in [2.45, 2.75) is 50.2 Å². The number of ether oxygens (including phenoxy) is 1. The van der Waals surface area contributed by atoms with E-state index < -0.39 is 11.0 Å². The summed E-state index contributed by atoms with van der Waals surface area (Å²) in [6.45, 7) is 0. The Morgan fingerprint density at radius 3 is 2.45 bits per heavy atom. The third-order valence-corrected chi connectivity index (χ3v) is 5.24. The highest BCUT2D eigenvalue weighted by molar-refractivity contribution is 5.40. The minimum absolute atomic E-state index is 0.231. The first-order chi connectivity index (χ1) is 9.65. The molecule has 2 aliphatic rings. The summed E-state index contributed by atoms with van der Waals surface area (Å²) in [5.41, 5.74) is 0.622. The van der Waals surface area contributed by atoms with Crippen LogP contribution in [0, 0.1) is 16.7 Å². The fraction of sp³-hybridized carbons (Fsp3) is 0.588. The fourth-order valence-electron chi connectivity index (χ4n) is 4.08. The van der Waals surface area contributed by atoms with Crippen LogP contribution in [0.5, 0.6) is 0 Å². The van der Waals surface area contributed by atoms with Crippen molar-refractivity contribution in [3.8, 4) is 6.07 Å². The third kappa shape index (κ3) is 1.79. The molecule has 1 fully saturated rings. The quantitative estimate of drug-likeness (QED) is 0.899. The summed E-state index contributed by atoms with van der Waals surface area (Å²) in [7, 11) is 1.65. The number of benzene rings is 1. The Bertz CT molecular complexity index is 523. The van der Waals surface area contributed by atoms with Crippen LogP contribution in [-0.2, 0) is 17.6 Å². The SMILES string of the molecule is COC1CCCCC1(O)C1(C#N)Cc2ccccc2C1. The molecule has 0 aliphatic heterocycles. The molecule has 2 atom stereocenters. The maximum absolute atomic E-state index is 11.3. The molecular weight excluding hydrogens is 250 g/mol. The van der Waals surface area contributed by atoms with Crippen molar-refractivity contribution in [1.82, 2.24) is 0 Å². The molecule has 3 rings (SSSR count). The van der Waals surface area contributed by atoms with Crippen LogP contribution in [-0.4, -0.2) is 23.9 Å². The first-order valence-electron chi connectivity index (χ1n) is 7.38. The molecule has 0 heterocycles. The van der Waals surface area contributed by atoms with Gasteiger partial charge in [0.05, 0.1) is 17.6 Å². The van der Waals surface area contributed by atoms with Crippen molar-refractivity contribution in [3.05, 3.63) is 35.4 Å². The largest absolute Gasteiger partial charge is 0.385 e. The number of hydrogen-bond donors (Lipinski definition) is 1. The van der Waals surface area contributed by atoms with E-state index in [9.17, 15) is 10.4 Å². The van der Waals surface area contributed by atoms with Crippen molar-refractivity contribution >= 4 is 0 Å². The Kier molecular flexibility index (Phi) is 3.32. The summed E-state index contributed by atoms with van der Waals surface area (Å²) in [6.07, 6.45) is 4.57. The van der Waals surface area contributed by atoms with Crippen molar-refractivity contribution in [2.24, 2.45) is 5.41 Å². The van der Waals surface area contributed by atoms with E-state index >= 15 is 0 Å². The van der Waals surface area contributed by atoms with Gasteiger partial charge in [0.25, 0.3) is 0 Å². The van der Waals surface area contributed by atoms with Crippen LogP contribution < -0.4 is 0 Å². The predicted molar refractivity (Wildman–Crippen MR) is 76.1 cm³/mol. The summed E-state index contributed by atoms with van der Waals surface area (Å²) in [5.74, 6) is 0. The van der Waals surface area contributed by atoms with Gasteiger partial charge in [0, 0.05) is 7.11 Å². The molecule has 0 amide bonds. The lowest BCUT2D eigenvalue weighted by molar-refractivity contribution is -0.168. The Balaban J connectivity index is 2.01. The van der Waals surface area contributed by atoms with Crippen LogP contribution >= 0.6 is 0 Å². The van der Waals surface area contributed by atoms with Crippen LogP contribution in [0.25, 0.3) is 0 Å². The number of rotatable bonds is 2. The molecule has 1 aromatic rings. The minimum atomic E-state index is -1.03. The summed E-state index contributed by atoms with van der Waals surface area (Å²) in [6, 6.07) is 10.6. The van der Waals surface area contributed by atoms with Gasteiger partial charge in [-0.15, -0.1) is 0 Å². The van der Waals surface area contributed by atoms with Gasteiger partial charge in [0.1, 0.15) is 5.60 Å². The molecule has 3 nitrogen and oxygen atoms in total. The van der Waals surface area contributed by atoms with Crippen molar-refractivity contribution in [2.75, 3.05) is 7.11 Å². The van der Waals surface area contributed by atoms with Crippen molar-refractivity contribution < 1.29 is 9.84 Å². The highest BCUT2D eigenvalue weighted by Gasteiger charge is 2.58. The summed E-state index contributed by atoms with van der Waals surface area (Å²) in [4.78, 5) is 0. The number of nitrogens with zero attached hydrogens (tertiary/aromatic N) is 1. The molecule has 0 saturated heterocycles. The molecule has 2 unspecified atom stereocenters. The van der Waals surface area contributed by atoms with Gasteiger partial charge >= 0.3 is 0 Å². The second-order valence-corrected chi connectivity index (χ2v) is 6.21. The number of methoxy groups -OCH3 is 1. The molecule has 0 radical (unpaired) electrons. The lowest BCUT2D eigenvalue weighted by Crippen LogP contribution is -2.58. The van der Waals surface area contributed by atoms with Gasteiger partial charge in [0.2, 0.25) is 0 Å². The zero-order valence-corrected chi connectivity index (χ0v) is 11.9. The normalized spacial score (nSPS) is 31.6. The zero-order valence-electron chi connectivity index (χ0n) is 11.9. The highest BCUT2D eigenvalue weighted by Crippen LogP contribution is 2.51. The van der Waals surface area contributed by atoms with Crippen molar-refractivity contribution in [1.29, 1.82) is 5.26 Å². The van der Waals surface area contributed by atoms with E-state index in [2.05, 4.69) is 18.2 Å².